The molecule has 1 heterocycles. The van der Waals surface area contributed by atoms with Gasteiger partial charge in [0.25, 0.3) is 5.91 Å². The summed E-state index contributed by atoms with van der Waals surface area (Å²) in [6, 6.07) is 0. The number of carbonyl (C=O) groups excluding carboxylic acids is 2. The Bertz CT molecular complexity index is 291. The van der Waals surface area contributed by atoms with Crippen molar-refractivity contribution in [3.05, 3.63) is 0 Å². The number of hydrogen-bond acceptors (Lipinski definition) is 5. The molecule has 0 aliphatic carbocycles. The topological polar surface area (TPSA) is 96.7 Å². The molecule has 1 fully saturated rings. The molecule has 0 aromatic rings. The molecule has 1 rings (SSSR count). The molecule has 0 bridgehead atoms. The lowest BCUT2D eigenvalue weighted by Gasteiger charge is -2.31. The Hall–Kier alpha value is -1.18. The zero-order valence-electron chi connectivity index (χ0n) is 11.5. The minimum Gasteiger partial charge on any atom is -0.378 e. The number of nitrogens with two attached hydrogens (primary N) is 1. The van der Waals surface area contributed by atoms with E-state index in [0.29, 0.717) is 19.7 Å². The highest BCUT2D eigenvalue weighted by molar-refractivity contribution is 5.81. The lowest BCUT2D eigenvalue weighted by Crippen LogP contribution is -2.48. The molecule has 7 heteroatoms. The van der Waals surface area contributed by atoms with Gasteiger partial charge in [0.15, 0.2) is 0 Å². The molecule has 0 unspecified atom stereocenters. The van der Waals surface area contributed by atoms with Crippen molar-refractivity contribution in [2.45, 2.75) is 32.3 Å². The van der Waals surface area contributed by atoms with Crippen molar-refractivity contribution in [3.8, 4) is 0 Å². The van der Waals surface area contributed by atoms with E-state index in [4.69, 9.17) is 10.5 Å². The predicted octanol–water partition coefficient (Wildman–Crippen LogP) is -1.02. The van der Waals surface area contributed by atoms with Gasteiger partial charge in [-0.2, -0.15) is 0 Å². The van der Waals surface area contributed by atoms with Crippen molar-refractivity contribution in [1.29, 1.82) is 0 Å². The highest BCUT2D eigenvalue weighted by Crippen LogP contribution is 2.13. The third kappa shape index (κ3) is 7.09. The van der Waals surface area contributed by atoms with Gasteiger partial charge in [-0.25, -0.2) is 0 Å². The maximum absolute atomic E-state index is 11.5. The minimum absolute atomic E-state index is 0.197. The molecule has 19 heavy (non-hydrogen) atoms. The van der Waals surface area contributed by atoms with Crippen LogP contribution >= 0.6 is 0 Å². The summed E-state index contributed by atoms with van der Waals surface area (Å²) in [5, 5.41) is 0. The predicted molar refractivity (Wildman–Crippen MR) is 71.0 cm³/mol. The van der Waals surface area contributed by atoms with Gasteiger partial charge in [0.2, 0.25) is 5.91 Å². The van der Waals surface area contributed by atoms with Gasteiger partial charge in [-0.1, -0.05) is 0 Å². The number of rotatable bonds is 6. The fourth-order valence-electron chi connectivity index (χ4n) is 1.97. The second-order valence-corrected chi connectivity index (χ2v) is 4.72. The summed E-state index contributed by atoms with van der Waals surface area (Å²) >= 11 is 0. The van der Waals surface area contributed by atoms with Crippen LogP contribution in [-0.4, -0.2) is 55.6 Å². The van der Waals surface area contributed by atoms with Crippen molar-refractivity contribution in [1.82, 2.24) is 15.8 Å². The van der Waals surface area contributed by atoms with Crippen molar-refractivity contribution < 1.29 is 14.3 Å². The van der Waals surface area contributed by atoms with Crippen LogP contribution in [0.1, 0.15) is 26.2 Å². The number of amides is 2. The van der Waals surface area contributed by atoms with E-state index in [0.717, 1.165) is 32.4 Å². The molecule has 4 N–H and O–H groups in total. The lowest BCUT2D eigenvalue weighted by atomic mass is 10.1. The van der Waals surface area contributed by atoms with Gasteiger partial charge in [0.05, 0.1) is 12.6 Å². The number of carbonyl (C=O) groups is 2. The smallest absolute Gasteiger partial charge is 0.252 e. The number of ether oxygens (including phenoxy) is 1. The Morgan fingerprint density at radius 3 is 2.58 bits per heavy atom. The molecule has 2 amide bonds. The van der Waals surface area contributed by atoms with Crippen molar-refractivity contribution in [2.75, 3.05) is 32.8 Å². The number of hydrazine groups is 1. The van der Waals surface area contributed by atoms with E-state index in [2.05, 4.69) is 15.8 Å². The monoisotopic (exact) mass is 272 g/mol. The molecular formula is C12H24N4O3. The first-order valence-electron chi connectivity index (χ1n) is 6.71. The van der Waals surface area contributed by atoms with Crippen LogP contribution in [-0.2, 0) is 14.3 Å². The van der Waals surface area contributed by atoms with Crippen LogP contribution in [0.25, 0.3) is 0 Å². The average molecular weight is 272 g/mol. The number of nitrogens with zero attached hydrogens (tertiary/aromatic N) is 1. The first-order valence-corrected chi connectivity index (χ1v) is 6.71. The van der Waals surface area contributed by atoms with E-state index < -0.39 is 0 Å². The maximum Gasteiger partial charge on any atom is 0.252 e. The summed E-state index contributed by atoms with van der Waals surface area (Å²) in [5.74, 6) is -0.474. The molecule has 110 valence electrons. The van der Waals surface area contributed by atoms with Crippen LogP contribution < -0.4 is 16.6 Å². The number of hydrogen-bond donors (Lipinski definition) is 3. The number of nitrogens with one attached hydrogen (secondary N) is 2. The highest BCUT2D eigenvalue weighted by atomic mass is 16.5. The molecule has 0 spiro atoms. The number of piperidine rings is 1. The van der Waals surface area contributed by atoms with Crippen LogP contribution in [0.5, 0.6) is 0 Å². The molecule has 1 aliphatic rings. The second kappa shape index (κ2) is 8.84. The van der Waals surface area contributed by atoms with Gasteiger partial charge in [-0.05, 0) is 25.8 Å². The maximum atomic E-state index is 11.5. The van der Waals surface area contributed by atoms with Gasteiger partial charge < -0.3 is 10.5 Å². The zero-order chi connectivity index (χ0) is 14.1. The Morgan fingerprint density at radius 2 is 2.00 bits per heavy atom. The number of likely N-dealkylation sites (tertiary alicyclic amines) is 1. The van der Waals surface area contributed by atoms with E-state index in [-0.39, 0.29) is 17.9 Å². The van der Waals surface area contributed by atoms with Crippen LogP contribution in [0.15, 0.2) is 0 Å². The fourth-order valence-corrected chi connectivity index (χ4v) is 1.97. The van der Waals surface area contributed by atoms with E-state index in [1.54, 1.807) is 0 Å². The van der Waals surface area contributed by atoms with Gasteiger partial charge >= 0.3 is 0 Å². The van der Waals surface area contributed by atoms with Gasteiger partial charge in [-0.15, -0.1) is 0 Å². The summed E-state index contributed by atoms with van der Waals surface area (Å²) < 4.78 is 5.69. The van der Waals surface area contributed by atoms with Crippen LogP contribution in [0.2, 0.25) is 0 Å². The summed E-state index contributed by atoms with van der Waals surface area (Å²) in [4.78, 5) is 24.2. The van der Waals surface area contributed by atoms with E-state index in [1.165, 1.54) is 6.92 Å². The first-order chi connectivity index (χ1) is 9.11. The van der Waals surface area contributed by atoms with Gasteiger partial charge in [0.1, 0.15) is 0 Å². The lowest BCUT2D eigenvalue weighted by molar-refractivity contribution is -0.129. The first kappa shape index (κ1) is 15.9. The standard InChI is InChI=1S/C12H24N4O3/c1-10(17)14-15-12(18)9-16-6-3-11(4-7-16)19-8-2-5-13/h11H,2-9,13H2,1H3,(H,14,17)(H,15,18). The van der Waals surface area contributed by atoms with Crippen LogP contribution in [0.3, 0.4) is 0 Å². The summed E-state index contributed by atoms with van der Waals surface area (Å²) in [6.07, 6.45) is 3.02. The van der Waals surface area contributed by atoms with Gasteiger partial charge in [-0.3, -0.25) is 25.3 Å². The molecule has 0 atom stereocenters. The van der Waals surface area contributed by atoms with Gasteiger partial charge in [0, 0.05) is 26.6 Å². The van der Waals surface area contributed by atoms with E-state index >= 15 is 0 Å². The summed E-state index contributed by atoms with van der Waals surface area (Å²) in [5.41, 5.74) is 10.0. The van der Waals surface area contributed by atoms with E-state index in [1.807, 2.05) is 0 Å². The molecule has 1 aliphatic heterocycles. The minimum atomic E-state index is -0.277. The normalized spacial score (nSPS) is 17.2. The quantitative estimate of drug-likeness (QED) is 0.425. The SMILES string of the molecule is CC(=O)NNC(=O)CN1CCC(OCCCN)CC1. The van der Waals surface area contributed by atoms with E-state index in [9.17, 15) is 9.59 Å². The Labute approximate surface area is 113 Å². The zero-order valence-corrected chi connectivity index (χ0v) is 11.5. The van der Waals surface area contributed by atoms with Crippen LogP contribution in [0, 0.1) is 0 Å². The van der Waals surface area contributed by atoms with Crippen molar-refractivity contribution >= 4 is 11.8 Å². The fraction of sp³-hybridized carbons (Fsp3) is 0.833. The summed E-state index contributed by atoms with van der Waals surface area (Å²) in [7, 11) is 0. The average Bonchev–Trinajstić information content (AvgIpc) is 2.39. The third-order valence-corrected chi connectivity index (χ3v) is 2.98. The molecule has 0 aromatic heterocycles. The molecule has 0 radical (unpaired) electrons. The largest absolute Gasteiger partial charge is 0.378 e. The molecule has 0 saturated carbocycles. The summed E-state index contributed by atoms with van der Waals surface area (Å²) in [6.45, 7) is 4.69. The Balaban J connectivity index is 2.12. The highest BCUT2D eigenvalue weighted by Gasteiger charge is 2.21. The van der Waals surface area contributed by atoms with Crippen molar-refractivity contribution in [2.24, 2.45) is 5.73 Å². The molecule has 1 saturated heterocycles. The molecular weight excluding hydrogens is 248 g/mol. The second-order valence-electron chi connectivity index (χ2n) is 4.72. The van der Waals surface area contributed by atoms with Crippen molar-refractivity contribution in [3.63, 3.8) is 0 Å². The Kier molecular flexibility index (Phi) is 7.39. The molecule has 0 aromatic carbocycles. The molecule has 7 nitrogen and oxygen atoms in total. The third-order valence-electron chi connectivity index (χ3n) is 2.98. The Morgan fingerprint density at radius 1 is 1.32 bits per heavy atom. The van der Waals surface area contributed by atoms with Crippen LogP contribution in [0.4, 0.5) is 0 Å².